The standard InChI is InChI=1S/C25H25N2O3PS2/c1-17(2)18-5-7-19(8-6-18)24-26-27(21-11-9-20(10-12-21)25(28)30-4)31(32,33-24)23-15-13-22(29-3)14-16-23/h5-17H,1-4H3. The molecule has 1 aliphatic rings. The number of hydrogen-bond donors (Lipinski definition) is 0. The molecule has 0 amide bonds. The van der Waals surface area contributed by atoms with Gasteiger partial charge in [-0.1, -0.05) is 49.9 Å². The molecule has 1 unspecified atom stereocenters. The molecule has 0 bridgehead atoms. The van der Waals surface area contributed by atoms with Crippen LogP contribution in [0.2, 0.25) is 0 Å². The fraction of sp³-hybridized carbons (Fsp3) is 0.200. The summed E-state index contributed by atoms with van der Waals surface area (Å²) in [4.78, 5) is 11.9. The van der Waals surface area contributed by atoms with Gasteiger partial charge in [-0.05, 0) is 71.4 Å². The average molecular weight is 497 g/mol. The van der Waals surface area contributed by atoms with Gasteiger partial charge in [0, 0.05) is 10.9 Å². The SMILES string of the molecule is COC(=O)c1ccc(N2N=C(c3ccc(C(C)C)cc3)SP2(=S)c2ccc(OC)cc2)cc1. The van der Waals surface area contributed by atoms with Gasteiger partial charge in [-0.3, -0.25) is 0 Å². The third-order valence-corrected chi connectivity index (χ3v) is 12.0. The van der Waals surface area contributed by atoms with Crippen LogP contribution in [0.25, 0.3) is 0 Å². The van der Waals surface area contributed by atoms with Gasteiger partial charge in [0.25, 0.3) is 0 Å². The zero-order valence-electron chi connectivity index (χ0n) is 18.9. The van der Waals surface area contributed by atoms with Crippen LogP contribution in [0.15, 0.2) is 77.9 Å². The second kappa shape index (κ2) is 9.72. The van der Waals surface area contributed by atoms with Crippen molar-refractivity contribution in [2.24, 2.45) is 5.10 Å². The Morgan fingerprint density at radius 3 is 2.15 bits per heavy atom. The first-order valence-electron chi connectivity index (χ1n) is 10.5. The molecule has 0 aliphatic carbocycles. The smallest absolute Gasteiger partial charge is 0.337 e. The molecular formula is C25H25N2O3PS2. The Morgan fingerprint density at radius 1 is 0.970 bits per heavy atom. The van der Waals surface area contributed by atoms with Gasteiger partial charge in [-0.2, -0.15) is 5.10 Å². The summed E-state index contributed by atoms with van der Waals surface area (Å²) < 4.78 is 12.1. The largest absolute Gasteiger partial charge is 0.497 e. The molecule has 0 spiro atoms. The Hall–Kier alpha value is -2.60. The molecule has 0 saturated heterocycles. The maximum atomic E-state index is 11.9. The minimum absolute atomic E-state index is 0.374. The molecule has 1 atom stereocenters. The maximum Gasteiger partial charge on any atom is 0.337 e. The van der Waals surface area contributed by atoms with Crippen LogP contribution < -0.4 is 14.8 Å². The van der Waals surface area contributed by atoms with Crippen molar-refractivity contribution in [3.63, 3.8) is 0 Å². The van der Waals surface area contributed by atoms with Crippen LogP contribution in [0.5, 0.6) is 5.75 Å². The molecule has 0 fully saturated rings. The van der Waals surface area contributed by atoms with Gasteiger partial charge < -0.3 is 9.47 Å². The number of hydrazone groups is 1. The highest BCUT2D eigenvalue weighted by atomic mass is 32.9. The Kier molecular flexibility index (Phi) is 6.94. The lowest BCUT2D eigenvalue weighted by molar-refractivity contribution is 0.0601. The number of ether oxygens (including phenoxy) is 2. The van der Waals surface area contributed by atoms with Gasteiger partial charge in [-0.25, -0.2) is 9.57 Å². The molecule has 33 heavy (non-hydrogen) atoms. The van der Waals surface area contributed by atoms with Gasteiger partial charge in [0.15, 0.2) is 0 Å². The summed E-state index contributed by atoms with van der Waals surface area (Å²) in [5.41, 5.74) is 3.65. The molecule has 5 nitrogen and oxygen atoms in total. The van der Waals surface area contributed by atoms with E-state index in [1.54, 1.807) is 30.6 Å². The summed E-state index contributed by atoms with van der Waals surface area (Å²) >= 11 is 7.96. The summed E-state index contributed by atoms with van der Waals surface area (Å²) in [5.74, 6) is 0.872. The van der Waals surface area contributed by atoms with Gasteiger partial charge in [0.05, 0.1) is 25.5 Å². The highest BCUT2D eigenvalue weighted by Gasteiger charge is 2.37. The number of carbonyl (C=O) groups is 1. The van der Waals surface area contributed by atoms with Crippen molar-refractivity contribution in [3.05, 3.63) is 89.5 Å². The third-order valence-electron chi connectivity index (χ3n) is 5.39. The van der Waals surface area contributed by atoms with Crippen molar-refractivity contribution in [3.8, 4) is 5.75 Å². The Labute approximate surface area is 203 Å². The van der Waals surface area contributed by atoms with Crippen molar-refractivity contribution in [2.75, 3.05) is 19.0 Å². The van der Waals surface area contributed by atoms with E-state index in [4.69, 9.17) is 26.4 Å². The van der Waals surface area contributed by atoms with E-state index in [1.807, 2.05) is 41.2 Å². The average Bonchev–Trinajstić information content (AvgIpc) is 3.22. The predicted octanol–water partition coefficient (Wildman–Crippen LogP) is 6.16. The van der Waals surface area contributed by atoms with Crippen molar-refractivity contribution in [1.82, 2.24) is 0 Å². The fourth-order valence-electron chi connectivity index (χ4n) is 3.43. The van der Waals surface area contributed by atoms with Crippen LogP contribution in [-0.2, 0) is 16.5 Å². The number of rotatable bonds is 6. The summed E-state index contributed by atoms with van der Waals surface area (Å²) in [5, 5.41) is 4.52. The van der Waals surface area contributed by atoms with Crippen LogP contribution >= 0.6 is 16.8 Å². The second-order valence-electron chi connectivity index (χ2n) is 7.82. The van der Waals surface area contributed by atoms with Crippen LogP contribution in [0.4, 0.5) is 5.69 Å². The van der Waals surface area contributed by atoms with Gasteiger partial charge in [0.1, 0.15) is 16.2 Å². The fourth-order valence-corrected chi connectivity index (χ4v) is 9.49. The summed E-state index contributed by atoms with van der Waals surface area (Å²) in [6, 6.07) is 23.6. The lowest BCUT2D eigenvalue weighted by Crippen LogP contribution is -2.16. The number of benzene rings is 3. The number of esters is 1. The summed E-state index contributed by atoms with van der Waals surface area (Å²) in [6.45, 7) is 4.36. The van der Waals surface area contributed by atoms with Crippen molar-refractivity contribution in [2.45, 2.75) is 19.8 Å². The number of hydrogen-bond acceptors (Lipinski definition) is 6. The number of carbonyl (C=O) groups excluding carboxylic acids is 1. The first-order valence-corrected chi connectivity index (χ1v) is 14.7. The first-order chi connectivity index (χ1) is 15.9. The maximum absolute atomic E-state index is 11.9. The molecule has 0 N–H and O–H groups in total. The number of nitrogens with zero attached hydrogens (tertiary/aromatic N) is 2. The van der Waals surface area contributed by atoms with Gasteiger partial charge >= 0.3 is 5.97 Å². The van der Waals surface area contributed by atoms with Gasteiger partial charge in [-0.15, -0.1) is 0 Å². The molecule has 0 saturated carbocycles. The van der Waals surface area contributed by atoms with Crippen LogP contribution in [0.3, 0.4) is 0 Å². The topological polar surface area (TPSA) is 51.1 Å². The van der Waals surface area contributed by atoms with Crippen LogP contribution in [0, 0.1) is 0 Å². The molecule has 3 aromatic carbocycles. The zero-order valence-corrected chi connectivity index (χ0v) is 21.4. The number of methoxy groups -OCH3 is 2. The molecule has 0 aromatic heterocycles. The lowest BCUT2D eigenvalue weighted by Gasteiger charge is -2.26. The Balaban J connectivity index is 1.76. The molecule has 1 heterocycles. The third kappa shape index (κ3) is 4.72. The number of anilines is 1. The van der Waals surface area contributed by atoms with E-state index in [-0.39, 0.29) is 5.97 Å². The molecule has 3 aromatic rings. The van der Waals surface area contributed by atoms with E-state index in [9.17, 15) is 4.79 Å². The van der Waals surface area contributed by atoms with E-state index in [1.165, 1.54) is 12.7 Å². The normalized spacial score (nSPS) is 17.7. The summed E-state index contributed by atoms with van der Waals surface area (Å²) in [7, 11) is 3.02. The quantitative estimate of drug-likeness (QED) is 0.301. The van der Waals surface area contributed by atoms with E-state index >= 15 is 0 Å². The van der Waals surface area contributed by atoms with Crippen molar-refractivity contribution >= 4 is 50.6 Å². The van der Waals surface area contributed by atoms with E-state index in [0.717, 1.165) is 27.3 Å². The van der Waals surface area contributed by atoms with E-state index in [0.29, 0.717) is 11.5 Å². The summed E-state index contributed by atoms with van der Waals surface area (Å²) in [6.07, 6.45) is 0. The van der Waals surface area contributed by atoms with E-state index in [2.05, 4.69) is 38.1 Å². The van der Waals surface area contributed by atoms with Crippen LogP contribution in [-0.4, -0.2) is 25.2 Å². The monoisotopic (exact) mass is 496 g/mol. The van der Waals surface area contributed by atoms with Crippen LogP contribution in [0.1, 0.15) is 41.3 Å². The molecule has 0 radical (unpaired) electrons. The Morgan fingerprint density at radius 2 is 1.61 bits per heavy atom. The van der Waals surface area contributed by atoms with Crippen molar-refractivity contribution in [1.29, 1.82) is 0 Å². The molecular weight excluding hydrogens is 471 g/mol. The molecule has 1 aliphatic heterocycles. The first kappa shape index (κ1) is 23.6. The molecule has 4 rings (SSSR count). The highest BCUT2D eigenvalue weighted by molar-refractivity contribution is 8.79. The highest BCUT2D eigenvalue weighted by Crippen LogP contribution is 2.67. The van der Waals surface area contributed by atoms with Crippen molar-refractivity contribution < 1.29 is 14.3 Å². The molecule has 170 valence electrons. The second-order valence-corrected chi connectivity index (χ2v) is 14.7. The van der Waals surface area contributed by atoms with E-state index < -0.39 is 5.39 Å². The molecule has 8 heteroatoms. The predicted molar refractivity (Wildman–Crippen MR) is 142 cm³/mol. The zero-order chi connectivity index (χ0) is 23.6. The lowest BCUT2D eigenvalue weighted by atomic mass is 10.0. The minimum Gasteiger partial charge on any atom is -0.497 e. The van der Waals surface area contributed by atoms with Gasteiger partial charge in [0.2, 0.25) is 0 Å². The Bertz CT molecular complexity index is 1220. The minimum atomic E-state index is -2.38.